The fourth-order valence-corrected chi connectivity index (χ4v) is 4.08. The van der Waals surface area contributed by atoms with Crippen LogP contribution in [-0.2, 0) is 11.4 Å². The molecule has 0 saturated heterocycles. The Bertz CT molecular complexity index is 1250. The van der Waals surface area contributed by atoms with E-state index in [2.05, 4.69) is 5.10 Å². The highest BCUT2D eigenvalue weighted by atomic mass is 19.4. The summed E-state index contributed by atoms with van der Waals surface area (Å²) in [5.41, 5.74) is 3.28. The SMILES string of the molecule is CC(=O)CC1CC(C(F)(F)F)=NN1c1ccc(Oc2ccc(-c3cccc(CO)c3)cc2C)cc1. The minimum absolute atomic E-state index is 0.0198. The number of alkyl halides is 3. The highest BCUT2D eigenvalue weighted by Gasteiger charge is 2.43. The molecule has 0 bridgehead atoms. The van der Waals surface area contributed by atoms with Crippen LogP contribution in [0.1, 0.15) is 30.9 Å². The Kier molecular flexibility index (Phi) is 6.93. The number of carbonyl (C=O) groups excluding carboxylic acids is 1. The summed E-state index contributed by atoms with van der Waals surface area (Å²) < 4.78 is 45.6. The van der Waals surface area contributed by atoms with E-state index in [0.717, 1.165) is 22.3 Å². The molecule has 0 saturated carbocycles. The minimum atomic E-state index is -4.53. The van der Waals surface area contributed by atoms with Gasteiger partial charge in [0.2, 0.25) is 0 Å². The Balaban J connectivity index is 1.52. The van der Waals surface area contributed by atoms with Crippen LogP contribution in [0, 0.1) is 6.92 Å². The highest BCUT2D eigenvalue weighted by molar-refractivity contribution is 5.94. The van der Waals surface area contributed by atoms with Crippen LogP contribution in [0.2, 0.25) is 0 Å². The first-order valence-electron chi connectivity index (χ1n) is 11.2. The molecular formula is C27H25F3N2O3. The van der Waals surface area contributed by atoms with Gasteiger partial charge >= 0.3 is 6.18 Å². The summed E-state index contributed by atoms with van der Waals surface area (Å²) in [5.74, 6) is 0.975. The number of Topliss-reactive ketones (excluding diaryl/α,β-unsaturated/α-hetero) is 1. The van der Waals surface area contributed by atoms with Crippen molar-refractivity contribution < 1.29 is 27.8 Å². The van der Waals surface area contributed by atoms with Crippen molar-refractivity contribution in [2.45, 2.75) is 45.5 Å². The van der Waals surface area contributed by atoms with Crippen molar-refractivity contribution in [3.63, 3.8) is 0 Å². The number of nitrogens with zero attached hydrogens (tertiary/aromatic N) is 2. The zero-order valence-corrected chi connectivity index (χ0v) is 19.3. The molecule has 35 heavy (non-hydrogen) atoms. The number of aliphatic hydroxyl groups is 1. The van der Waals surface area contributed by atoms with Gasteiger partial charge < -0.3 is 9.84 Å². The number of hydrazone groups is 1. The van der Waals surface area contributed by atoms with Crippen molar-refractivity contribution in [3.05, 3.63) is 77.9 Å². The molecule has 1 heterocycles. The molecule has 8 heteroatoms. The monoisotopic (exact) mass is 482 g/mol. The number of ketones is 1. The third kappa shape index (κ3) is 5.71. The third-order valence-corrected chi connectivity index (χ3v) is 5.80. The van der Waals surface area contributed by atoms with Crippen LogP contribution in [0.25, 0.3) is 11.1 Å². The molecule has 5 nitrogen and oxygen atoms in total. The normalized spacial score (nSPS) is 15.8. The molecule has 1 aliphatic heterocycles. The summed E-state index contributed by atoms with van der Waals surface area (Å²) in [6.45, 7) is 3.25. The standard InChI is InChI=1S/C27H25F3N2O3/c1-17-12-21(20-5-3-4-19(14-20)16-33)6-11-25(17)35-24-9-7-22(8-10-24)32-23(13-18(2)34)15-26(31-32)27(28,29)30/h3-12,14,23,33H,13,15-16H2,1-2H3. The Labute approximate surface area is 201 Å². The van der Waals surface area contributed by atoms with Crippen LogP contribution in [0.4, 0.5) is 18.9 Å². The lowest BCUT2D eigenvalue weighted by atomic mass is 10.0. The van der Waals surface area contributed by atoms with Crippen LogP contribution in [0.15, 0.2) is 71.8 Å². The number of halogens is 3. The van der Waals surface area contributed by atoms with Gasteiger partial charge in [0.05, 0.1) is 18.3 Å². The Hall–Kier alpha value is -3.65. The number of rotatable bonds is 7. The van der Waals surface area contributed by atoms with Crippen LogP contribution < -0.4 is 9.75 Å². The first-order valence-corrected chi connectivity index (χ1v) is 11.2. The molecule has 0 fully saturated rings. The maximum absolute atomic E-state index is 13.2. The van der Waals surface area contributed by atoms with E-state index in [-0.39, 0.29) is 25.2 Å². The second-order valence-electron chi connectivity index (χ2n) is 8.59. The fourth-order valence-electron chi connectivity index (χ4n) is 4.08. The van der Waals surface area contributed by atoms with E-state index in [9.17, 15) is 23.1 Å². The third-order valence-electron chi connectivity index (χ3n) is 5.80. The van der Waals surface area contributed by atoms with Crippen LogP contribution in [0.5, 0.6) is 11.5 Å². The predicted octanol–water partition coefficient (Wildman–Crippen LogP) is 6.42. The number of anilines is 1. The van der Waals surface area contributed by atoms with Crippen LogP contribution in [0.3, 0.4) is 0 Å². The van der Waals surface area contributed by atoms with Gasteiger partial charge in [0.25, 0.3) is 0 Å². The lowest BCUT2D eigenvalue weighted by Crippen LogP contribution is -2.29. The molecule has 182 valence electrons. The highest BCUT2D eigenvalue weighted by Crippen LogP contribution is 2.35. The van der Waals surface area contributed by atoms with Gasteiger partial charge in [-0.25, -0.2) is 0 Å². The molecule has 1 aliphatic rings. The number of ether oxygens (including phenoxy) is 1. The molecule has 1 unspecified atom stereocenters. The quantitative estimate of drug-likeness (QED) is 0.422. The first-order chi connectivity index (χ1) is 16.6. The second-order valence-corrected chi connectivity index (χ2v) is 8.59. The predicted molar refractivity (Wildman–Crippen MR) is 129 cm³/mol. The number of hydrogen-bond donors (Lipinski definition) is 1. The van der Waals surface area contributed by atoms with Gasteiger partial charge in [-0.2, -0.15) is 18.3 Å². The van der Waals surface area contributed by atoms with E-state index in [0.29, 0.717) is 17.2 Å². The van der Waals surface area contributed by atoms with Crippen molar-refractivity contribution in [1.29, 1.82) is 0 Å². The number of benzene rings is 3. The Morgan fingerprint density at radius 3 is 2.43 bits per heavy atom. The zero-order chi connectivity index (χ0) is 25.2. The molecule has 4 rings (SSSR count). The van der Waals surface area contributed by atoms with Gasteiger partial charge in [0.15, 0.2) is 0 Å². The van der Waals surface area contributed by atoms with E-state index in [4.69, 9.17) is 4.74 Å². The molecule has 0 spiro atoms. The van der Waals surface area contributed by atoms with E-state index in [1.54, 1.807) is 24.3 Å². The van der Waals surface area contributed by atoms with Crippen molar-refractivity contribution in [3.8, 4) is 22.6 Å². The lowest BCUT2D eigenvalue weighted by molar-refractivity contribution is -0.117. The lowest BCUT2D eigenvalue weighted by Gasteiger charge is -2.23. The van der Waals surface area contributed by atoms with E-state index in [1.807, 2.05) is 49.4 Å². The fraction of sp³-hybridized carbons (Fsp3) is 0.259. The number of aliphatic hydroxyl groups excluding tert-OH is 1. The van der Waals surface area contributed by atoms with E-state index in [1.165, 1.54) is 11.9 Å². The van der Waals surface area contributed by atoms with Gasteiger partial charge in [-0.3, -0.25) is 9.80 Å². The van der Waals surface area contributed by atoms with Crippen molar-refractivity contribution in [1.82, 2.24) is 0 Å². The van der Waals surface area contributed by atoms with Gasteiger partial charge in [0.1, 0.15) is 23.0 Å². The maximum Gasteiger partial charge on any atom is 0.431 e. The molecule has 3 aromatic rings. The topological polar surface area (TPSA) is 62.1 Å². The van der Waals surface area contributed by atoms with Crippen LogP contribution >= 0.6 is 0 Å². The van der Waals surface area contributed by atoms with Crippen molar-refractivity contribution in [2.24, 2.45) is 5.10 Å². The summed E-state index contributed by atoms with van der Waals surface area (Å²) in [4.78, 5) is 11.6. The largest absolute Gasteiger partial charge is 0.457 e. The molecule has 3 aromatic carbocycles. The van der Waals surface area contributed by atoms with E-state index >= 15 is 0 Å². The molecule has 1 N–H and O–H groups in total. The Morgan fingerprint density at radius 2 is 1.80 bits per heavy atom. The van der Waals surface area contributed by atoms with Gasteiger partial charge in [-0.15, -0.1) is 0 Å². The molecule has 0 radical (unpaired) electrons. The average Bonchev–Trinajstić information content (AvgIpc) is 3.24. The summed E-state index contributed by atoms with van der Waals surface area (Å²) in [5, 5.41) is 14.4. The van der Waals surface area contributed by atoms with Crippen LogP contribution in [-0.4, -0.2) is 28.8 Å². The molecule has 1 atom stereocenters. The Morgan fingerprint density at radius 1 is 1.09 bits per heavy atom. The first kappa shape index (κ1) is 24.5. The summed E-state index contributed by atoms with van der Waals surface area (Å²) in [6, 6.07) is 19.4. The maximum atomic E-state index is 13.2. The number of carbonyl (C=O) groups is 1. The van der Waals surface area contributed by atoms with Crippen molar-refractivity contribution in [2.75, 3.05) is 5.01 Å². The minimum Gasteiger partial charge on any atom is -0.457 e. The van der Waals surface area contributed by atoms with Gasteiger partial charge in [-0.05, 0) is 78.6 Å². The second kappa shape index (κ2) is 9.92. The average molecular weight is 483 g/mol. The molecular weight excluding hydrogens is 457 g/mol. The number of hydrogen-bond acceptors (Lipinski definition) is 5. The van der Waals surface area contributed by atoms with E-state index < -0.39 is 17.9 Å². The molecule has 0 aromatic heterocycles. The number of aryl methyl sites for hydroxylation is 1. The van der Waals surface area contributed by atoms with Gasteiger partial charge in [0, 0.05) is 12.8 Å². The summed E-state index contributed by atoms with van der Waals surface area (Å²) >= 11 is 0. The summed E-state index contributed by atoms with van der Waals surface area (Å²) in [6.07, 6.45) is -4.88. The summed E-state index contributed by atoms with van der Waals surface area (Å²) in [7, 11) is 0. The van der Waals surface area contributed by atoms with Crippen molar-refractivity contribution >= 4 is 17.2 Å². The smallest absolute Gasteiger partial charge is 0.431 e. The van der Waals surface area contributed by atoms with Gasteiger partial charge in [-0.1, -0.05) is 24.3 Å². The molecule has 0 amide bonds. The molecule has 0 aliphatic carbocycles. The zero-order valence-electron chi connectivity index (χ0n) is 19.3.